The molecule has 13 heavy (non-hydrogen) atoms. The Morgan fingerprint density at radius 2 is 2.23 bits per heavy atom. The molecule has 0 saturated carbocycles. The molecule has 70 valence electrons. The molecule has 0 spiro atoms. The summed E-state index contributed by atoms with van der Waals surface area (Å²) in [5.74, 6) is 0.619. The van der Waals surface area contributed by atoms with Crippen LogP contribution in [0, 0.1) is 0 Å². The Kier molecular flexibility index (Phi) is 3.20. The first-order valence-electron chi connectivity index (χ1n) is 3.81. The lowest BCUT2D eigenvalue weighted by Crippen LogP contribution is -2.01. The average Bonchev–Trinajstić information content (AvgIpc) is 2.48. The molecule has 0 aromatic carbocycles. The molecule has 0 bridgehead atoms. The smallest absolute Gasteiger partial charge is 0.412 e. The van der Waals surface area contributed by atoms with Crippen LogP contribution in [-0.2, 0) is 4.57 Å². The molecule has 0 saturated heterocycles. The van der Waals surface area contributed by atoms with Crippen LogP contribution in [0.5, 0.6) is 0 Å². The van der Waals surface area contributed by atoms with Crippen molar-refractivity contribution >= 4 is 19.5 Å². The normalized spacial score (nSPS) is 12.1. The van der Waals surface area contributed by atoms with Gasteiger partial charge in [0.1, 0.15) is 6.66 Å². The molecule has 0 aliphatic rings. The van der Waals surface area contributed by atoms with Gasteiger partial charge in [0.15, 0.2) is 5.76 Å². The van der Waals surface area contributed by atoms with Crippen molar-refractivity contribution in [2.45, 2.75) is 0 Å². The van der Waals surface area contributed by atoms with E-state index in [9.17, 15) is 4.57 Å². The van der Waals surface area contributed by atoms with E-state index in [0.717, 1.165) is 0 Å². The molecule has 5 heteroatoms. The molecule has 1 aromatic rings. The van der Waals surface area contributed by atoms with E-state index in [1.165, 1.54) is 0 Å². The Hall–Kier alpha value is -1.15. The highest BCUT2D eigenvalue weighted by Gasteiger charge is 2.16. The molecular formula is C8H12N2O2P+. The summed E-state index contributed by atoms with van der Waals surface area (Å²) in [7, 11) is 2.25. The van der Waals surface area contributed by atoms with Crippen LogP contribution in [0.2, 0.25) is 0 Å². The molecule has 0 aliphatic carbocycles. The Bertz CT molecular complexity index is 331. The van der Waals surface area contributed by atoms with Crippen LogP contribution < -0.4 is 5.50 Å². The van der Waals surface area contributed by atoms with Crippen LogP contribution in [0.1, 0.15) is 5.76 Å². The van der Waals surface area contributed by atoms with E-state index < -0.39 is 7.80 Å². The summed E-state index contributed by atoms with van der Waals surface area (Å²) in [6, 6.07) is 3.45. The van der Waals surface area contributed by atoms with Crippen LogP contribution in [0.3, 0.4) is 0 Å². The second kappa shape index (κ2) is 4.19. The summed E-state index contributed by atoms with van der Waals surface area (Å²) in [5, 5.41) is 5.65. The predicted molar refractivity (Wildman–Crippen MR) is 53.2 cm³/mol. The first kappa shape index (κ1) is 9.93. The van der Waals surface area contributed by atoms with E-state index in [2.05, 4.69) is 5.10 Å². The first-order valence-corrected chi connectivity index (χ1v) is 5.52. The van der Waals surface area contributed by atoms with Gasteiger partial charge in [0.25, 0.3) is 0 Å². The third-order valence-corrected chi connectivity index (χ3v) is 2.20. The molecule has 1 aromatic heterocycles. The fraction of sp³-hybridized carbons (Fsp3) is 0.375. The second-order valence-electron chi connectivity index (χ2n) is 2.77. The summed E-state index contributed by atoms with van der Waals surface area (Å²) >= 11 is 0. The van der Waals surface area contributed by atoms with Gasteiger partial charge in [-0.3, -0.25) is 0 Å². The number of hydrogen-bond donors (Lipinski definition) is 0. The molecule has 0 radical (unpaired) electrons. The van der Waals surface area contributed by atoms with Gasteiger partial charge in [-0.25, -0.2) is 0 Å². The standard InChI is InChI=1S/C8H12N2O2P/c1-10(2)9-6-7-4-5-8(12-7)13(3)11/h4-6H,1-3H3/q+1/b9-6+. The van der Waals surface area contributed by atoms with Gasteiger partial charge in [0.05, 0.1) is 6.21 Å². The lowest BCUT2D eigenvalue weighted by Gasteiger charge is -1.99. The largest absolute Gasteiger partial charge is 0.417 e. The Morgan fingerprint density at radius 1 is 1.54 bits per heavy atom. The molecular weight excluding hydrogens is 187 g/mol. The molecule has 0 amide bonds. The van der Waals surface area contributed by atoms with E-state index in [1.807, 2.05) is 14.1 Å². The highest BCUT2D eigenvalue weighted by molar-refractivity contribution is 7.52. The lowest BCUT2D eigenvalue weighted by molar-refractivity contribution is 0.438. The number of hydrazone groups is 1. The van der Waals surface area contributed by atoms with Gasteiger partial charge in [-0.15, -0.1) is 0 Å². The van der Waals surface area contributed by atoms with Crippen LogP contribution in [0.25, 0.3) is 0 Å². The van der Waals surface area contributed by atoms with Gasteiger partial charge in [-0.2, -0.15) is 5.10 Å². The minimum Gasteiger partial charge on any atom is -0.417 e. The third kappa shape index (κ3) is 2.99. The van der Waals surface area contributed by atoms with E-state index in [1.54, 1.807) is 30.0 Å². The quantitative estimate of drug-likeness (QED) is 0.418. The predicted octanol–water partition coefficient (Wildman–Crippen LogP) is 1.26. The van der Waals surface area contributed by atoms with Gasteiger partial charge in [-0.05, 0) is 6.07 Å². The maximum Gasteiger partial charge on any atom is 0.412 e. The molecule has 1 rings (SSSR count). The third-order valence-electron chi connectivity index (χ3n) is 1.34. The van der Waals surface area contributed by atoms with E-state index in [0.29, 0.717) is 11.3 Å². The van der Waals surface area contributed by atoms with Crippen LogP contribution >= 0.6 is 7.80 Å². The fourth-order valence-corrected chi connectivity index (χ4v) is 1.27. The molecule has 1 unspecified atom stereocenters. The summed E-state index contributed by atoms with van der Waals surface area (Å²) in [5.41, 5.74) is 0.509. The topological polar surface area (TPSA) is 45.8 Å². The summed E-state index contributed by atoms with van der Waals surface area (Å²) in [6.45, 7) is 1.61. The van der Waals surface area contributed by atoms with Crippen LogP contribution in [-0.4, -0.2) is 32.0 Å². The maximum atomic E-state index is 11.0. The number of rotatable bonds is 3. The summed E-state index contributed by atoms with van der Waals surface area (Å²) in [4.78, 5) is 0. The second-order valence-corrected chi connectivity index (χ2v) is 4.20. The van der Waals surface area contributed by atoms with Gasteiger partial charge >= 0.3 is 13.3 Å². The van der Waals surface area contributed by atoms with Gasteiger partial charge in [0.2, 0.25) is 0 Å². The molecule has 0 aliphatic heterocycles. The lowest BCUT2D eigenvalue weighted by atomic mass is 10.5. The molecule has 0 fully saturated rings. The van der Waals surface area contributed by atoms with Crippen LogP contribution in [0.4, 0.5) is 0 Å². The summed E-state index contributed by atoms with van der Waals surface area (Å²) < 4.78 is 16.2. The zero-order valence-electron chi connectivity index (χ0n) is 7.89. The highest BCUT2D eigenvalue weighted by atomic mass is 31.1. The minimum atomic E-state index is -1.39. The fourth-order valence-electron chi connectivity index (χ4n) is 0.753. The van der Waals surface area contributed by atoms with Crippen molar-refractivity contribution in [3.05, 3.63) is 17.9 Å². The van der Waals surface area contributed by atoms with Crippen molar-refractivity contribution in [2.75, 3.05) is 20.8 Å². The zero-order valence-corrected chi connectivity index (χ0v) is 8.78. The first-order chi connectivity index (χ1) is 6.09. The Balaban J connectivity index is 2.75. The van der Waals surface area contributed by atoms with Crippen molar-refractivity contribution in [3.63, 3.8) is 0 Å². The number of nitrogens with zero attached hydrogens (tertiary/aromatic N) is 2. The number of furan rings is 1. The zero-order chi connectivity index (χ0) is 9.84. The maximum absolute atomic E-state index is 11.0. The van der Waals surface area contributed by atoms with Crippen molar-refractivity contribution in [1.29, 1.82) is 0 Å². The van der Waals surface area contributed by atoms with E-state index >= 15 is 0 Å². The molecule has 0 N–H and O–H groups in total. The number of hydrogen-bond acceptors (Lipinski definition) is 4. The van der Waals surface area contributed by atoms with Crippen LogP contribution in [0.15, 0.2) is 21.7 Å². The molecule has 1 heterocycles. The Labute approximate surface area is 78.0 Å². The SMILES string of the molecule is CN(C)/N=C/c1ccc([P+](C)=O)o1. The highest BCUT2D eigenvalue weighted by Crippen LogP contribution is 2.14. The Morgan fingerprint density at radius 3 is 2.69 bits per heavy atom. The molecule has 1 atom stereocenters. The summed E-state index contributed by atoms with van der Waals surface area (Å²) in [6.07, 6.45) is 1.59. The average molecular weight is 199 g/mol. The van der Waals surface area contributed by atoms with Crippen molar-refractivity contribution in [2.24, 2.45) is 5.10 Å². The van der Waals surface area contributed by atoms with Crippen molar-refractivity contribution < 1.29 is 8.98 Å². The van der Waals surface area contributed by atoms with Crippen molar-refractivity contribution in [3.8, 4) is 0 Å². The van der Waals surface area contributed by atoms with E-state index in [-0.39, 0.29) is 0 Å². The van der Waals surface area contributed by atoms with Gasteiger partial charge in [-0.1, -0.05) is 4.57 Å². The van der Waals surface area contributed by atoms with Gasteiger partial charge in [0, 0.05) is 20.2 Å². The van der Waals surface area contributed by atoms with E-state index in [4.69, 9.17) is 4.42 Å². The van der Waals surface area contributed by atoms with Gasteiger partial charge < -0.3 is 9.43 Å². The minimum absolute atomic E-state index is 0.509. The monoisotopic (exact) mass is 199 g/mol. The molecule has 4 nitrogen and oxygen atoms in total. The van der Waals surface area contributed by atoms with Crippen molar-refractivity contribution in [1.82, 2.24) is 5.01 Å².